The van der Waals surface area contributed by atoms with E-state index in [-0.39, 0.29) is 11.7 Å². The number of piperazine rings is 1. The molecule has 1 saturated heterocycles. The number of halogens is 2. The molecule has 0 saturated carbocycles. The summed E-state index contributed by atoms with van der Waals surface area (Å²) in [5.74, 6) is -0.222. The van der Waals surface area contributed by atoms with Crippen LogP contribution in [-0.2, 0) is 4.79 Å². The Kier molecular flexibility index (Phi) is 5.71. The molecule has 3 rings (SSSR count). The van der Waals surface area contributed by atoms with Crippen LogP contribution in [0.15, 0.2) is 46.9 Å². The van der Waals surface area contributed by atoms with Crippen molar-refractivity contribution in [1.29, 1.82) is 0 Å². The van der Waals surface area contributed by atoms with Crippen LogP contribution in [0.4, 0.5) is 15.8 Å². The van der Waals surface area contributed by atoms with Crippen LogP contribution >= 0.6 is 15.9 Å². The van der Waals surface area contributed by atoms with Gasteiger partial charge in [0.15, 0.2) is 0 Å². The molecule has 1 amide bonds. The quantitative estimate of drug-likeness (QED) is 0.842. The van der Waals surface area contributed by atoms with Gasteiger partial charge in [0.1, 0.15) is 5.82 Å². The molecule has 1 aliphatic rings. The minimum atomic E-state index is -0.195. The Balaban J connectivity index is 1.51. The zero-order valence-corrected chi connectivity index (χ0v) is 15.7. The van der Waals surface area contributed by atoms with Gasteiger partial charge in [0.2, 0.25) is 5.91 Å². The van der Waals surface area contributed by atoms with Crippen LogP contribution < -0.4 is 10.2 Å². The third-order valence-electron chi connectivity index (χ3n) is 4.37. The second kappa shape index (κ2) is 7.97. The number of benzene rings is 2. The third kappa shape index (κ3) is 4.58. The van der Waals surface area contributed by atoms with Gasteiger partial charge >= 0.3 is 0 Å². The highest BCUT2D eigenvalue weighted by Crippen LogP contribution is 2.21. The Morgan fingerprint density at radius 2 is 1.88 bits per heavy atom. The van der Waals surface area contributed by atoms with E-state index in [0.29, 0.717) is 25.3 Å². The molecule has 0 bridgehead atoms. The average Bonchev–Trinajstić information content (AvgIpc) is 2.59. The lowest BCUT2D eigenvalue weighted by Gasteiger charge is -2.35. The van der Waals surface area contributed by atoms with Gasteiger partial charge in [-0.15, -0.1) is 0 Å². The van der Waals surface area contributed by atoms with Crippen molar-refractivity contribution in [2.75, 3.05) is 42.9 Å². The summed E-state index contributed by atoms with van der Waals surface area (Å²) >= 11 is 3.45. The molecule has 132 valence electrons. The maximum atomic E-state index is 13.9. The molecular weight excluding hydrogens is 385 g/mol. The minimum absolute atomic E-state index is 0.0268. The lowest BCUT2D eigenvalue weighted by molar-refractivity contribution is -0.117. The number of para-hydroxylation sites is 1. The number of anilines is 2. The zero-order valence-electron chi connectivity index (χ0n) is 14.1. The van der Waals surface area contributed by atoms with Crippen molar-refractivity contribution in [3.8, 4) is 0 Å². The van der Waals surface area contributed by atoms with Crippen LogP contribution in [0.5, 0.6) is 0 Å². The summed E-state index contributed by atoms with van der Waals surface area (Å²) in [4.78, 5) is 16.4. The molecule has 6 heteroatoms. The number of nitrogens with zero attached hydrogens (tertiary/aromatic N) is 2. The van der Waals surface area contributed by atoms with E-state index < -0.39 is 0 Å². The minimum Gasteiger partial charge on any atom is -0.367 e. The molecule has 4 nitrogen and oxygen atoms in total. The van der Waals surface area contributed by atoms with Crippen molar-refractivity contribution < 1.29 is 9.18 Å². The molecule has 0 atom stereocenters. The standard InChI is InChI=1S/C19H21BrFN3O/c1-14-12-15(6-7-16(14)20)22-19(25)13-23-8-10-24(11-9-23)18-5-3-2-4-17(18)21/h2-7,12H,8-11,13H2,1H3,(H,22,25). The number of carbonyl (C=O) groups is 1. The molecule has 1 N–H and O–H groups in total. The van der Waals surface area contributed by atoms with Crippen molar-refractivity contribution in [3.05, 3.63) is 58.3 Å². The Hall–Kier alpha value is -1.92. The maximum absolute atomic E-state index is 13.9. The van der Waals surface area contributed by atoms with Crippen LogP contribution in [0.3, 0.4) is 0 Å². The molecule has 1 fully saturated rings. The SMILES string of the molecule is Cc1cc(NC(=O)CN2CCN(c3ccccc3F)CC2)ccc1Br. The molecule has 0 unspecified atom stereocenters. The smallest absolute Gasteiger partial charge is 0.238 e. The summed E-state index contributed by atoms with van der Waals surface area (Å²) in [6.07, 6.45) is 0. The van der Waals surface area contributed by atoms with E-state index in [9.17, 15) is 9.18 Å². The number of hydrogen-bond acceptors (Lipinski definition) is 3. The van der Waals surface area contributed by atoms with Crippen LogP contribution in [-0.4, -0.2) is 43.5 Å². The first-order valence-corrected chi connectivity index (χ1v) is 9.10. The van der Waals surface area contributed by atoms with Crippen LogP contribution in [0.2, 0.25) is 0 Å². The van der Waals surface area contributed by atoms with Gasteiger partial charge in [-0.1, -0.05) is 28.1 Å². The second-order valence-corrected chi connectivity index (χ2v) is 7.08. The topological polar surface area (TPSA) is 35.6 Å². The Labute approximate surface area is 155 Å². The predicted octanol–water partition coefficient (Wildman–Crippen LogP) is 3.66. The van der Waals surface area contributed by atoms with Gasteiger partial charge in [0.05, 0.1) is 12.2 Å². The Bertz CT molecular complexity index is 760. The Morgan fingerprint density at radius 1 is 1.16 bits per heavy atom. The number of rotatable bonds is 4. The van der Waals surface area contributed by atoms with Crippen LogP contribution in [0.1, 0.15) is 5.56 Å². The predicted molar refractivity (Wildman–Crippen MR) is 103 cm³/mol. The normalized spacial score (nSPS) is 15.2. The summed E-state index contributed by atoms with van der Waals surface area (Å²) < 4.78 is 14.9. The van der Waals surface area contributed by atoms with Gasteiger partial charge in [-0.25, -0.2) is 4.39 Å². The third-order valence-corrected chi connectivity index (χ3v) is 5.26. The van der Waals surface area contributed by atoms with Gasteiger partial charge in [0.25, 0.3) is 0 Å². The van der Waals surface area contributed by atoms with E-state index in [1.807, 2.05) is 36.1 Å². The van der Waals surface area contributed by atoms with E-state index in [0.717, 1.165) is 28.8 Å². The van der Waals surface area contributed by atoms with Gasteiger partial charge in [-0.05, 0) is 42.8 Å². The lowest BCUT2D eigenvalue weighted by atomic mass is 10.2. The molecule has 2 aromatic carbocycles. The highest BCUT2D eigenvalue weighted by molar-refractivity contribution is 9.10. The van der Waals surface area contributed by atoms with Crippen molar-refractivity contribution >= 4 is 33.2 Å². The summed E-state index contributed by atoms with van der Waals surface area (Å²) in [5, 5.41) is 2.93. The molecule has 25 heavy (non-hydrogen) atoms. The summed E-state index contributed by atoms with van der Waals surface area (Å²) in [7, 11) is 0. The van der Waals surface area contributed by atoms with Crippen molar-refractivity contribution in [2.45, 2.75) is 6.92 Å². The van der Waals surface area contributed by atoms with Gasteiger partial charge in [-0.3, -0.25) is 9.69 Å². The number of amides is 1. The fourth-order valence-electron chi connectivity index (χ4n) is 2.98. The van der Waals surface area contributed by atoms with Gasteiger partial charge < -0.3 is 10.2 Å². The maximum Gasteiger partial charge on any atom is 0.238 e. The van der Waals surface area contributed by atoms with Crippen molar-refractivity contribution in [2.24, 2.45) is 0 Å². The van der Waals surface area contributed by atoms with E-state index >= 15 is 0 Å². The fraction of sp³-hybridized carbons (Fsp3) is 0.316. The Morgan fingerprint density at radius 3 is 2.56 bits per heavy atom. The number of aryl methyl sites for hydroxylation is 1. The van der Waals surface area contributed by atoms with Crippen molar-refractivity contribution in [3.63, 3.8) is 0 Å². The van der Waals surface area contributed by atoms with Crippen LogP contribution in [0, 0.1) is 12.7 Å². The zero-order chi connectivity index (χ0) is 17.8. The summed E-state index contributed by atoms with van der Waals surface area (Å²) in [6.45, 7) is 5.24. The summed E-state index contributed by atoms with van der Waals surface area (Å²) in [5.41, 5.74) is 2.52. The molecule has 0 radical (unpaired) electrons. The number of carbonyl (C=O) groups excluding carboxylic acids is 1. The second-order valence-electron chi connectivity index (χ2n) is 6.23. The molecule has 1 aliphatic heterocycles. The monoisotopic (exact) mass is 405 g/mol. The van der Waals surface area contributed by atoms with E-state index in [4.69, 9.17) is 0 Å². The van der Waals surface area contributed by atoms with Crippen molar-refractivity contribution in [1.82, 2.24) is 4.90 Å². The fourth-order valence-corrected chi connectivity index (χ4v) is 3.23. The largest absolute Gasteiger partial charge is 0.367 e. The molecule has 1 heterocycles. The first kappa shape index (κ1) is 17.9. The summed E-state index contributed by atoms with van der Waals surface area (Å²) in [6, 6.07) is 12.6. The average molecular weight is 406 g/mol. The number of hydrogen-bond donors (Lipinski definition) is 1. The van der Waals surface area contributed by atoms with E-state index in [1.165, 1.54) is 6.07 Å². The molecule has 0 aliphatic carbocycles. The van der Waals surface area contributed by atoms with E-state index in [1.54, 1.807) is 12.1 Å². The van der Waals surface area contributed by atoms with Gasteiger partial charge in [-0.2, -0.15) is 0 Å². The number of nitrogens with one attached hydrogen (secondary N) is 1. The molecular formula is C19H21BrFN3O. The molecule has 0 spiro atoms. The van der Waals surface area contributed by atoms with Crippen LogP contribution in [0.25, 0.3) is 0 Å². The molecule has 0 aromatic heterocycles. The highest BCUT2D eigenvalue weighted by atomic mass is 79.9. The first-order valence-electron chi connectivity index (χ1n) is 8.31. The van der Waals surface area contributed by atoms with E-state index in [2.05, 4.69) is 26.1 Å². The molecule has 2 aromatic rings. The van der Waals surface area contributed by atoms with Gasteiger partial charge in [0, 0.05) is 36.3 Å². The first-order chi connectivity index (χ1) is 12.0. The lowest BCUT2D eigenvalue weighted by Crippen LogP contribution is -2.48. The highest BCUT2D eigenvalue weighted by Gasteiger charge is 2.20.